The molecule has 2 aromatic rings. The first-order valence-electron chi connectivity index (χ1n) is 6.96. The highest BCUT2D eigenvalue weighted by Gasteiger charge is 2.08. The molecule has 1 aromatic carbocycles. The van der Waals surface area contributed by atoms with Crippen LogP contribution in [-0.4, -0.2) is 11.7 Å². The molecule has 0 unspecified atom stereocenters. The van der Waals surface area contributed by atoms with Crippen LogP contribution >= 0.6 is 0 Å². The Kier molecular flexibility index (Phi) is 4.79. The molecule has 20 heavy (non-hydrogen) atoms. The Morgan fingerprint density at radius 1 is 1.15 bits per heavy atom. The molecule has 0 spiro atoms. The third-order valence-corrected chi connectivity index (χ3v) is 3.14. The van der Waals surface area contributed by atoms with Crippen molar-refractivity contribution in [3.63, 3.8) is 0 Å². The Morgan fingerprint density at radius 3 is 2.40 bits per heavy atom. The molecule has 2 rings (SSSR count). The molecule has 0 saturated carbocycles. The largest absolute Gasteiger partial charge is 0.487 e. The van der Waals surface area contributed by atoms with E-state index in [4.69, 9.17) is 9.26 Å². The predicted molar refractivity (Wildman–Crippen MR) is 78.9 cm³/mol. The van der Waals surface area contributed by atoms with Crippen LogP contribution in [0.1, 0.15) is 35.1 Å². The van der Waals surface area contributed by atoms with Gasteiger partial charge in [-0.15, -0.1) is 0 Å². The van der Waals surface area contributed by atoms with E-state index in [1.54, 1.807) is 0 Å². The highest BCUT2D eigenvalue weighted by molar-refractivity contribution is 5.43. The molecule has 0 radical (unpaired) electrons. The molecule has 4 heteroatoms. The SMILES string of the molecule is CCNCc1cc(C)c(OCc2cc(C)on2)c(C)c1. The molecule has 1 aromatic heterocycles. The zero-order valence-electron chi connectivity index (χ0n) is 12.6. The summed E-state index contributed by atoms with van der Waals surface area (Å²) in [5.74, 6) is 1.74. The first kappa shape index (κ1) is 14.6. The average molecular weight is 274 g/mol. The maximum Gasteiger partial charge on any atom is 0.134 e. The van der Waals surface area contributed by atoms with Crippen molar-refractivity contribution < 1.29 is 9.26 Å². The van der Waals surface area contributed by atoms with E-state index in [1.807, 2.05) is 13.0 Å². The summed E-state index contributed by atoms with van der Waals surface area (Å²) in [5, 5.41) is 7.27. The first-order valence-corrected chi connectivity index (χ1v) is 6.96. The van der Waals surface area contributed by atoms with Gasteiger partial charge in [0, 0.05) is 12.6 Å². The monoisotopic (exact) mass is 274 g/mol. The topological polar surface area (TPSA) is 47.3 Å². The normalized spacial score (nSPS) is 10.8. The Hall–Kier alpha value is -1.81. The third kappa shape index (κ3) is 3.61. The van der Waals surface area contributed by atoms with Crippen LogP contribution in [0.15, 0.2) is 22.7 Å². The van der Waals surface area contributed by atoms with Crippen LogP contribution in [0.3, 0.4) is 0 Å². The van der Waals surface area contributed by atoms with Crippen LogP contribution in [0, 0.1) is 20.8 Å². The van der Waals surface area contributed by atoms with Crippen molar-refractivity contribution in [2.45, 2.75) is 40.8 Å². The van der Waals surface area contributed by atoms with Gasteiger partial charge in [0.05, 0.1) is 0 Å². The van der Waals surface area contributed by atoms with E-state index >= 15 is 0 Å². The molecule has 108 valence electrons. The van der Waals surface area contributed by atoms with Crippen LogP contribution in [-0.2, 0) is 13.2 Å². The van der Waals surface area contributed by atoms with E-state index in [0.29, 0.717) is 6.61 Å². The van der Waals surface area contributed by atoms with E-state index < -0.39 is 0 Å². The summed E-state index contributed by atoms with van der Waals surface area (Å²) in [7, 11) is 0. The van der Waals surface area contributed by atoms with Gasteiger partial charge in [-0.05, 0) is 44.0 Å². The maximum absolute atomic E-state index is 5.88. The van der Waals surface area contributed by atoms with Crippen molar-refractivity contribution in [2.24, 2.45) is 0 Å². The van der Waals surface area contributed by atoms with Crippen molar-refractivity contribution in [1.82, 2.24) is 10.5 Å². The number of nitrogens with one attached hydrogen (secondary N) is 1. The number of aryl methyl sites for hydroxylation is 3. The van der Waals surface area contributed by atoms with Gasteiger partial charge >= 0.3 is 0 Å². The van der Waals surface area contributed by atoms with E-state index in [0.717, 1.165) is 41.4 Å². The number of aromatic nitrogens is 1. The van der Waals surface area contributed by atoms with Gasteiger partial charge in [-0.2, -0.15) is 0 Å². The molecule has 0 amide bonds. The van der Waals surface area contributed by atoms with E-state index in [-0.39, 0.29) is 0 Å². The number of hydrogen-bond donors (Lipinski definition) is 1. The summed E-state index contributed by atoms with van der Waals surface area (Å²) in [6, 6.07) is 6.22. The van der Waals surface area contributed by atoms with Crippen LogP contribution in [0.4, 0.5) is 0 Å². The molecule has 0 aliphatic heterocycles. The summed E-state index contributed by atoms with van der Waals surface area (Å²) in [6.45, 7) is 10.4. The highest BCUT2D eigenvalue weighted by atomic mass is 16.5. The molecule has 0 saturated heterocycles. The van der Waals surface area contributed by atoms with Crippen molar-refractivity contribution in [2.75, 3.05) is 6.54 Å². The number of benzene rings is 1. The lowest BCUT2D eigenvalue weighted by atomic mass is 10.1. The Bertz CT molecular complexity index is 553. The third-order valence-electron chi connectivity index (χ3n) is 3.14. The maximum atomic E-state index is 5.88. The Labute approximate surface area is 120 Å². The fraction of sp³-hybridized carbons (Fsp3) is 0.438. The van der Waals surface area contributed by atoms with Gasteiger partial charge < -0.3 is 14.6 Å². The molecule has 0 fully saturated rings. The van der Waals surface area contributed by atoms with Gasteiger partial charge in [-0.25, -0.2) is 0 Å². The van der Waals surface area contributed by atoms with Crippen molar-refractivity contribution in [3.05, 3.63) is 46.3 Å². The number of rotatable bonds is 6. The summed E-state index contributed by atoms with van der Waals surface area (Å²) in [5.41, 5.74) is 4.40. The van der Waals surface area contributed by atoms with Gasteiger partial charge in [-0.3, -0.25) is 0 Å². The predicted octanol–water partition coefficient (Wildman–Crippen LogP) is 3.29. The van der Waals surface area contributed by atoms with Crippen LogP contribution in [0.25, 0.3) is 0 Å². The summed E-state index contributed by atoms with van der Waals surface area (Å²) in [4.78, 5) is 0. The fourth-order valence-electron chi connectivity index (χ4n) is 2.27. The van der Waals surface area contributed by atoms with Gasteiger partial charge in [0.2, 0.25) is 0 Å². The fourth-order valence-corrected chi connectivity index (χ4v) is 2.27. The highest BCUT2D eigenvalue weighted by Crippen LogP contribution is 2.25. The number of hydrogen-bond acceptors (Lipinski definition) is 4. The minimum absolute atomic E-state index is 0.436. The molecule has 0 bridgehead atoms. The minimum Gasteiger partial charge on any atom is -0.487 e. The average Bonchev–Trinajstić information content (AvgIpc) is 2.81. The van der Waals surface area contributed by atoms with Gasteiger partial charge in [-0.1, -0.05) is 24.2 Å². The van der Waals surface area contributed by atoms with Crippen molar-refractivity contribution >= 4 is 0 Å². The lowest BCUT2D eigenvalue weighted by Gasteiger charge is -2.13. The van der Waals surface area contributed by atoms with Crippen molar-refractivity contribution in [1.29, 1.82) is 0 Å². The summed E-state index contributed by atoms with van der Waals surface area (Å²) in [6.07, 6.45) is 0. The van der Waals surface area contributed by atoms with Gasteiger partial charge in [0.1, 0.15) is 23.8 Å². The molecule has 0 atom stereocenters. The Balaban J connectivity index is 2.07. The molecule has 1 heterocycles. The van der Waals surface area contributed by atoms with E-state index in [2.05, 4.69) is 43.4 Å². The molecular formula is C16H22N2O2. The molecule has 0 aliphatic carbocycles. The van der Waals surface area contributed by atoms with Crippen LogP contribution in [0.5, 0.6) is 5.75 Å². The second-order valence-electron chi connectivity index (χ2n) is 5.06. The zero-order valence-corrected chi connectivity index (χ0v) is 12.6. The standard InChI is InChI=1S/C16H22N2O2/c1-5-17-9-14-6-11(2)16(12(3)7-14)19-10-15-8-13(4)20-18-15/h6-8,17H,5,9-10H2,1-4H3. The minimum atomic E-state index is 0.436. The van der Waals surface area contributed by atoms with Gasteiger partial charge in [0.15, 0.2) is 0 Å². The Morgan fingerprint density at radius 2 is 1.85 bits per heavy atom. The lowest BCUT2D eigenvalue weighted by molar-refractivity contribution is 0.284. The summed E-state index contributed by atoms with van der Waals surface area (Å²) >= 11 is 0. The van der Waals surface area contributed by atoms with Crippen LogP contribution in [0.2, 0.25) is 0 Å². The van der Waals surface area contributed by atoms with Crippen molar-refractivity contribution in [3.8, 4) is 5.75 Å². The lowest BCUT2D eigenvalue weighted by Crippen LogP contribution is -2.12. The quantitative estimate of drug-likeness (QED) is 0.878. The second kappa shape index (κ2) is 6.57. The first-order chi connectivity index (χ1) is 9.60. The number of ether oxygens (including phenoxy) is 1. The van der Waals surface area contributed by atoms with E-state index in [1.165, 1.54) is 5.56 Å². The zero-order chi connectivity index (χ0) is 14.5. The molecule has 1 N–H and O–H groups in total. The molecule has 0 aliphatic rings. The summed E-state index contributed by atoms with van der Waals surface area (Å²) < 4.78 is 10.9. The molecular weight excluding hydrogens is 252 g/mol. The molecule has 4 nitrogen and oxygen atoms in total. The smallest absolute Gasteiger partial charge is 0.134 e. The number of nitrogens with zero attached hydrogens (tertiary/aromatic N) is 1. The van der Waals surface area contributed by atoms with Crippen LogP contribution < -0.4 is 10.1 Å². The second-order valence-corrected chi connectivity index (χ2v) is 5.06. The van der Waals surface area contributed by atoms with E-state index in [9.17, 15) is 0 Å². The van der Waals surface area contributed by atoms with Gasteiger partial charge in [0.25, 0.3) is 0 Å².